The summed E-state index contributed by atoms with van der Waals surface area (Å²) in [5.41, 5.74) is 1.01. The quantitative estimate of drug-likeness (QED) is 0.761. The topological polar surface area (TPSA) is 88.6 Å². The normalized spacial score (nSPS) is 11.4. The van der Waals surface area contributed by atoms with Crippen LogP contribution >= 0.6 is 0 Å². The highest BCUT2D eigenvalue weighted by Crippen LogP contribution is 2.17. The number of methoxy groups -OCH3 is 1. The molecule has 0 bridgehead atoms. The largest absolute Gasteiger partial charge is 0.481 e. The lowest BCUT2D eigenvalue weighted by Gasteiger charge is -2.18. The van der Waals surface area contributed by atoms with Crippen LogP contribution in [0.3, 0.4) is 0 Å². The Morgan fingerprint density at radius 2 is 1.92 bits per heavy atom. The van der Waals surface area contributed by atoms with E-state index in [1.165, 1.54) is 23.5 Å². The van der Waals surface area contributed by atoms with E-state index in [0.717, 1.165) is 5.56 Å². The standard InChI is InChI=1S/C18H23N3O4S/c1-4-21(5-2)26(23,24)16-10-6-8-14(12-16)17(22)20-13-15-9-7-11-19-18(15)25-3/h6-12H,4-5,13H2,1-3H3,(H,20,22). The fourth-order valence-electron chi connectivity index (χ4n) is 2.53. The summed E-state index contributed by atoms with van der Waals surface area (Å²) in [5.74, 6) is 0.0677. The number of nitrogens with one attached hydrogen (secondary N) is 1. The van der Waals surface area contributed by atoms with Crippen LogP contribution in [-0.2, 0) is 16.6 Å². The molecule has 1 N–H and O–H groups in total. The minimum Gasteiger partial charge on any atom is -0.481 e. The molecule has 0 radical (unpaired) electrons. The lowest BCUT2D eigenvalue weighted by atomic mass is 10.2. The molecule has 0 spiro atoms. The highest BCUT2D eigenvalue weighted by Gasteiger charge is 2.22. The van der Waals surface area contributed by atoms with Crippen molar-refractivity contribution in [2.75, 3.05) is 20.2 Å². The molecule has 26 heavy (non-hydrogen) atoms. The first-order valence-corrected chi connectivity index (χ1v) is 9.74. The Labute approximate surface area is 154 Å². The van der Waals surface area contributed by atoms with E-state index in [4.69, 9.17) is 4.74 Å². The van der Waals surface area contributed by atoms with E-state index < -0.39 is 10.0 Å². The van der Waals surface area contributed by atoms with Gasteiger partial charge in [0.2, 0.25) is 15.9 Å². The first-order valence-electron chi connectivity index (χ1n) is 8.30. The summed E-state index contributed by atoms with van der Waals surface area (Å²) < 4.78 is 31.7. The molecule has 1 aromatic heterocycles. The molecule has 0 saturated heterocycles. The van der Waals surface area contributed by atoms with E-state index in [9.17, 15) is 13.2 Å². The fraction of sp³-hybridized carbons (Fsp3) is 0.333. The molecule has 2 rings (SSSR count). The summed E-state index contributed by atoms with van der Waals surface area (Å²) >= 11 is 0. The van der Waals surface area contributed by atoms with Gasteiger partial charge in [0.05, 0.1) is 12.0 Å². The van der Waals surface area contributed by atoms with Crippen molar-refractivity contribution in [3.63, 3.8) is 0 Å². The van der Waals surface area contributed by atoms with Crippen LogP contribution in [0.5, 0.6) is 5.88 Å². The smallest absolute Gasteiger partial charge is 0.251 e. The van der Waals surface area contributed by atoms with Gasteiger partial charge in [0.1, 0.15) is 0 Å². The van der Waals surface area contributed by atoms with E-state index >= 15 is 0 Å². The number of carbonyl (C=O) groups excluding carboxylic acids is 1. The van der Waals surface area contributed by atoms with Gasteiger partial charge in [-0.1, -0.05) is 26.0 Å². The molecule has 0 aliphatic rings. The molecule has 1 amide bonds. The van der Waals surface area contributed by atoms with Crippen LogP contribution in [0.4, 0.5) is 0 Å². The summed E-state index contributed by atoms with van der Waals surface area (Å²) in [6.45, 7) is 4.52. The molecule has 8 heteroatoms. The van der Waals surface area contributed by atoms with Crippen molar-refractivity contribution >= 4 is 15.9 Å². The monoisotopic (exact) mass is 377 g/mol. The lowest BCUT2D eigenvalue weighted by Crippen LogP contribution is -2.31. The van der Waals surface area contributed by atoms with Crippen molar-refractivity contribution in [3.05, 3.63) is 53.7 Å². The van der Waals surface area contributed by atoms with Crippen LogP contribution in [0.15, 0.2) is 47.5 Å². The summed E-state index contributed by atoms with van der Waals surface area (Å²) in [5, 5.41) is 2.76. The van der Waals surface area contributed by atoms with E-state index in [2.05, 4.69) is 10.3 Å². The number of carbonyl (C=O) groups is 1. The Morgan fingerprint density at radius 1 is 1.19 bits per heavy atom. The second-order valence-electron chi connectivity index (χ2n) is 5.47. The van der Waals surface area contributed by atoms with Gasteiger partial charge in [-0.2, -0.15) is 4.31 Å². The van der Waals surface area contributed by atoms with Crippen LogP contribution in [-0.4, -0.2) is 43.8 Å². The lowest BCUT2D eigenvalue weighted by molar-refractivity contribution is 0.0950. The summed E-state index contributed by atoms with van der Waals surface area (Å²) in [6.07, 6.45) is 1.60. The number of ether oxygens (including phenoxy) is 1. The maximum atomic E-state index is 12.6. The minimum absolute atomic E-state index is 0.104. The third kappa shape index (κ3) is 4.39. The predicted molar refractivity (Wildman–Crippen MR) is 98.5 cm³/mol. The highest BCUT2D eigenvalue weighted by molar-refractivity contribution is 7.89. The van der Waals surface area contributed by atoms with Gasteiger partial charge in [-0.25, -0.2) is 13.4 Å². The molecule has 0 fully saturated rings. The molecule has 0 atom stereocenters. The van der Waals surface area contributed by atoms with Gasteiger partial charge in [0, 0.05) is 37.0 Å². The second kappa shape index (κ2) is 8.77. The zero-order valence-corrected chi connectivity index (χ0v) is 15.9. The summed E-state index contributed by atoms with van der Waals surface area (Å²) in [4.78, 5) is 16.6. The molecule has 0 aliphatic carbocycles. The van der Waals surface area contributed by atoms with Gasteiger partial charge >= 0.3 is 0 Å². The van der Waals surface area contributed by atoms with E-state index in [-0.39, 0.29) is 22.9 Å². The number of hydrogen-bond acceptors (Lipinski definition) is 5. The average molecular weight is 377 g/mol. The Kier molecular flexibility index (Phi) is 6.70. The molecule has 0 aliphatic heterocycles. The van der Waals surface area contributed by atoms with Crippen molar-refractivity contribution < 1.29 is 17.9 Å². The number of hydrogen-bond donors (Lipinski definition) is 1. The Hall–Kier alpha value is -2.45. The molecular weight excluding hydrogens is 354 g/mol. The molecule has 1 heterocycles. The number of rotatable bonds is 8. The van der Waals surface area contributed by atoms with E-state index in [1.807, 2.05) is 0 Å². The zero-order valence-electron chi connectivity index (χ0n) is 15.1. The number of amides is 1. The number of sulfonamides is 1. The van der Waals surface area contributed by atoms with Gasteiger partial charge < -0.3 is 10.1 Å². The first-order chi connectivity index (χ1) is 12.4. The Bertz CT molecular complexity index is 864. The molecule has 2 aromatic rings. The van der Waals surface area contributed by atoms with E-state index in [1.54, 1.807) is 44.3 Å². The average Bonchev–Trinajstić information content (AvgIpc) is 2.67. The van der Waals surface area contributed by atoms with E-state index in [0.29, 0.717) is 19.0 Å². The SMILES string of the molecule is CCN(CC)S(=O)(=O)c1cccc(C(=O)NCc2cccnc2OC)c1. The number of benzene rings is 1. The van der Waals surface area contributed by atoms with Gasteiger partial charge in [0.15, 0.2) is 0 Å². The third-order valence-corrected chi connectivity index (χ3v) is 5.97. The first kappa shape index (κ1) is 19.9. The maximum Gasteiger partial charge on any atom is 0.251 e. The van der Waals surface area contributed by atoms with Crippen LogP contribution in [0, 0.1) is 0 Å². The second-order valence-corrected chi connectivity index (χ2v) is 7.41. The van der Waals surface area contributed by atoms with Crippen LogP contribution in [0.25, 0.3) is 0 Å². The summed E-state index contributed by atoms with van der Waals surface area (Å²) in [7, 11) is -2.10. The fourth-order valence-corrected chi connectivity index (χ4v) is 4.03. The molecule has 1 aromatic carbocycles. The van der Waals surface area contributed by atoms with Gasteiger partial charge in [0.25, 0.3) is 5.91 Å². The Balaban J connectivity index is 2.18. The van der Waals surface area contributed by atoms with Crippen LogP contribution < -0.4 is 10.1 Å². The van der Waals surface area contributed by atoms with Gasteiger partial charge in [-0.3, -0.25) is 4.79 Å². The van der Waals surface area contributed by atoms with Crippen LogP contribution in [0.1, 0.15) is 29.8 Å². The zero-order chi connectivity index (χ0) is 19.2. The number of pyridine rings is 1. The van der Waals surface area contributed by atoms with Crippen molar-refractivity contribution in [2.24, 2.45) is 0 Å². The van der Waals surface area contributed by atoms with Crippen molar-refractivity contribution in [1.82, 2.24) is 14.6 Å². The highest BCUT2D eigenvalue weighted by atomic mass is 32.2. The number of nitrogens with zero attached hydrogens (tertiary/aromatic N) is 2. The number of aromatic nitrogens is 1. The maximum absolute atomic E-state index is 12.6. The van der Waals surface area contributed by atoms with Crippen molar-refractivity contribution in [3.8, 4) is 5.88 Å². The summed E-state index contributed by atoms with van der Waals surface area (Å²) in [6, 6.07) is 9.58. The molecule has 140 valence electrons. The predicted octanol–water partition coefficient (Wildman–Crippen LogP) is 2.05. The van der Waals surface area contributed by atoms with Crippen molar-refractivity contribution in [1.29, 1.82) is 0 Å². The Morgan fingerprint density at radius 3 is 2.58 bits per heavy atom. The van der Waals surface area contributed by atoms with Gasteiger partial charge in [-0.15, -0.1) is 0 Å². The third-order valence-electron chi connectivity index (χ3n) is 3.92. The molecule has 7 nitrogen and oxygen atoms in total. The van der Waals surface area contributed by atoms with Crippen LogP contribution in [0.2, 0.25) is 0 Å². The van der Waals surface area contributed by atoms with Crippen molar-refractivity contribution in [2.45, 2.75) is 25.3 Å². The van der Waals surface area contributed by atoms with Gasteiger partial charge in [-0.05, 0) is 24.3 Å². The molecule has 0 unspecified atom stereocenters. The minimum atomic E-state index is -3.61. The molecule has 0 saturated carbocycles. The molecular formula is C18H23N3O4S.